The number of nitrogens with one attached hydrogen (secondary N) is 1. The van der Waals surface area contributed by atoms with Gasteiger partial charge in [-0.05, 0) is 49.9 Å². The Kier molecular flexibility index (Phi) is 4.15. The van der Waals surface area contributed by atoms with Crippen LogP contribution in [-0.4, -0.2) is 20.4 Å². The highest BCUT2D eigenvalue weighted by Gasteiger charge is 2.24. The minimum absolute atomic E-state index is 0.0255. The van der Waals surface area contributed by atoms with Gasteiger partial charge in [0.25, 0.3) is 5.91 Å². The Morgan fingerprint density at radius 2 is 2.10 bits per heavy atom. The molecule has 3 N–H and O–H groups in total. The second-order valence-corrected chi connectivity index (χ2v) is 7.14. The van der Waals surface area contributed by atoms with Crippen LogP contribution in [-0.2, 0) is 10.0 Å². The van der Waals surface area contributed by atoms with Gasteiger partial charge < -0.3 is 5.32 Å². The minimum atomic E-state index is -3.73. The molecule has 5 nitrogen and oxygen atoms in total. The number of hydrogen-bond acceptors (Lipinski definition) is 3. The molecule has 1 unspecified atom stereocenters. The molecule has 6 heteroatoms. The van der Waals surface area contributed by atoms with E-state index in [4.69, 9.17) is 5.14 Å². The quantitative estimate of drug-likeness (QED) is 0.864. The highest BCUT2D eigenvalue weighted by Crippen LogP contribution is 2.33. The fraction of sp³-hybridized carbons (Fsp3) is 0.500. The van der Waals surface area contributed by atoms with E-state index in [0.717, 1.165) is 12.3 Å². The van der Waals surface area contributed by atoms with Gasteiger partial charge in [-0.3, -0.25) is 4.79 Å². The third-order valence-corrected chi connectivity index (χ3v) is 4.44. The molecule has 1 amide bonds. The second-order valence-electron chi connectivity index (χ2n) is 5.58. The van der Waals surface area contributed by atoms with Crippen molar-refractivity contribution in [1.82, 2.24) is 5.32 Å². The molecule has 1 aliphatic rings. The summed E-state index contributed by atoms with van der Waals surface area (Å²) in [6.07, 6.45) is 3.50. The summed E-state index contributed by atoms with van der Waals surface area (Å²) >= 11 is 0. The maximum Gasteiger partial charge on any atom is 0.251 e. The number of benzene rings is 1. The van der Waals surface area contributed by atoms with Gasteiger partial charge in [-0.2, -0.15) is 0 Å². The molecule has 0 bridgehead atoms. The van der Waals surface area contributed by atoms with Gasteiger partial charge in [-0.25, -0.2) is 13.6 Å². The molecule has 1 aromatic rings. The topological polar surface area (TPSA) is 89.3 Å². The van der Waals surface area contributed by atoms with E-state index in [0.29, 0.717) is 11.1 Å². The molecule has 0 aromatic heterocycles. The number of aryl methyl sites for hydroxylation is 1. The zero-order chi connectivity index (χ0) is 14.9. The average molecular weight is 296 g/mol. The lowest BCUT2D eigenvalue weighted by atomic mass is 10.1. The maximum atomic E-state index is 12.1. The van der Waals surface area contributed by atoms with E-state index in [1.165, 1.54) is 31.0 Å². The number of nitrogens with two attached hydrogens (primary N) is 1. The SMILES string of the molecule is Cc1cc(S(N)(=O)=O)ccc1C(=O)NC(C)CC1CC1. The lowest BCUT2D eigenvalue weighted by molar-refractivity contribution is 0.0936. The molecule has 1 saturated carbocycles. The summed E-state index contributed by atoms with van der Waals surface area (Å²) in [7, 11) is -3.73. The Morgan fingerprint density at radius 3 is 2.60 bits per heavy atom. The van der Waals surface area contributed by atoms with Gasteiger partial charge in [0, 0.05) is 11.6 Å². The van der Waals surface area contributed by atoms with Crippen LogP contribution in [0.2, 0.25) is 0 Å². The average Bonchev–Trinajstić information content (AvgIpc) is 3.11. The standard InChI is InChI=1S/C14H20N2O3S/c1-9-7-12(20(15,18)19)5-6-13(9)14(17)16-10(2)8-11-3-4-11/h5-7,10-11H,3-4,8H2,1-2H3,(H,16,17)(H2,15,18,19). The number of hydrogen-bond donors (Lipinski definition) is 2. The van der Waals surface area contributed by atoms with Crippen LogP contribution in [0.3, 0.4) is 0 Å². The predicted octanol–water partition coefficient (Wildman–Crippen LogP) is 1.56. The molecule has 20 heavy (non-hydrogen) atoms. The molecular weight excluding hydrogens is 276 g/mol. The number of rotatable bonds is 5. The third-order valence-electron chi connectivity index (χ3n) is 3.53. The highest BCUT2D eigenvalue weighted by molar-refractivity contribution is 7.89. The van der Waals surface area contributed by atoms with Crippen LogP contribution < -0.4 is 10.5 Å². The molecule has 0 spiro atoms. The van der Waals surface area contributed by atoms with Crippen LogP contribution in [0.25, 0.3) is 0 Å². The Hall–Kier alpha value is -1.40. The van der Waals surface area contributed by atoms with Gasteiger partial charge in [0.1, 0.15) is 0 Å². The van der Waals surface area contributed by atoms with Gasteiger partial charge in [0.05, 0.1) is 4.90 Å². The zero-order valence-electron chi connectivity index (χ0n) is 11.7. The number of carbonyl (C=O) groups is 1. The van der Waals surface area contributed by atoms with Crippen molar-refractivity contribution in [3.63, 3.8) is 0 Å². The van der Waals surface area contributed by atoms with Crippen molar-refractivity contribution >= 4 is 15.9 Å². The third kappa shape index (κ3) is 3.80. The molecule has 1 aliphatic carbocycles. The Bertz CT molecular complexity index is 621. The first-order valence-corrected chi connectivity index (χ1v) is 8.26. The zero-order valence-corrected chi connectivity index (χ0v) is 12.5. The van der Waals surface area contributed by atoms with E-state index in [9.17, 15) is 13.2 Å². The number of sulfonamides is 1. The molecule has 0 saturated heterocycles. The van der Waals surface area contributed by atoms with E-state index < -0.39 is 10.0 Å². The highest BCUT2D eigenvalue weighted by atomic mass is 32.2. The molecule has 1 aromatic carbocycles. The first-order chi connectivity index (χ1) is 9.27. The second kappa shape index (κ2) is 5.54. The Balaban J connectivity index is 2.09. The molecule has 1 atom stereocenters. The van der Waals surface area contributed by atoms with E-state index in [1.807, 2.05) is 6.92 Å². The largest absolute Gasteiger partial charge is 0.350 e. The van der Waals surface area contributed by atoms with Crippen molar-refractivity contribution in [1.29, 1.82) is 0 Å². The molecule has 0 radical (unpaired) electrons. The van der Waals surface area contributed by atoms with Crippen LogP contribution in [0.4, 0.5) is 0 Å². The summed E-state index contributed by atoms with van der Waals surface area (Å²) in [6, 6.07) is 4.43. The predicted molar refractivity (Wildman–Crippen MR) is 76.8 cm³/mol. The molecule has 0 heterocycles. The van der Waals surface area contributed by atoms with Gasteiger partial charge >= 0.3 is 0 Å². The molecule has 0 aliphatic heterocycles. The number of amides is 1. The van der Waals surface area contributed by atoms with Crippen molar-refractivity contribution in [2.75, 3.05) is 0 Å². The number of primary sulfonamides is 1. The van der Waals surface area contributed by atoms with Crippen LogP contribution in [0.15, 0.2) is 23.1 Å². The van der Waals surface area contributed by atoms with E-state index in [1.54, 1.807) is 6.92 Å². The van der Waals surface area contributed by atoms with Crippen molar-refractivity contribution in [2.45, 2.75) is 44.0 Å². The Morgan fingerprint density at radius 1 is 1.45 bits per heavy atom. The molecule has 1 fully saturated rings. The van der Waals surface area contributed by atoms with Crippen molar-refractivity contribution in [3.8, 4) is 0 Å². The summed E-state index contributed by atoms with van der Waals surface area (Å²) in [5, 5.41) is 8.01. The van der Waals surface area contributed by atoms with Gasteiger partial charge in [-0.1, -0.05) is 12.8 Å². The van der Waals surface area contributed by atoms with Crippen LogP contribution >= 0.6 is 0 Å². The van der Waals surface area contributed by atoms with Gasteiger partial charge in [0.15, 0.2) is 0 Å². The van der Waals surface area contributed by atoms with E-state index >= 15 is 0 Å². The van der Waals surface area contributed by atoms with Crippen LogP contribution in [0, 0.1) is 12.8 Å². The lowest BCUT2D eigenvalue weighted by Gasteiger charge is -2.14. The van der Waals surface area contributed by atoms with Crippen LogP contribution in [0.5, 0.6) is 0 Å². The van der Waals surface area contributed by atoms with Crippen molar-refractivity contribution < 1.29 is 13.2 Å². The summed E-state index contributed by atoms with van der Waals surface area (Å²) in [4.78, 5) is 12.2. The summed E-state index contributed by atoms with van der Waals surface area (Å²) < 4.78 is 22.5. The molecule has 110 valence electrons. The number of carbonyl (C=O) groups excluding carboxylic acids is 1. The summed E-state index contributed by atoms with van der Waals surface area (Å²) in [6.45, 7) is 3.69. The minimum Gasteiger partial charge on any atom is -0.350 e. The molecular formula is C14H20N2O3S. The van der Waals surface area contributed by atoms with E-state index in [-0.39, 0.29) is 16.8 Å². The van der Waals surface area contributed by atoms with E-state index in [2.05, 4.69) is 5.32 Å². The maximum absolute atomic E-state index is 12.1. The summed E-state index contributed by atoms with van der Waals surface area (Å²) in [5.74, 6) is 0.577. The fourth-order valence-electron chi connectivity index (χ4n) is 2.28. The van der Waals surface area contributed by atoms with Gasteiger partial charge in [0.2, 0.25) is 10.0 Å². The van der Waals surface area contributed by atoms with Gasteiger partial charge in [-0.15, -0.1) is 0 Å². The first kappa shape index (κ1) is 15.0. The smallest absolute Gasteiger partial charge is 0.251 e. The fourth-order valence-corrected chi connectivity index (χ4v) is 2.88. The lowest BCUT2D eigenvalue weighted by Crippen LogP contribution is -2.33. The summed E-state index contributed by atoms with van der Waals surface area (Å²) in [5.41, 5.74) is 1.09. The normalized spacial score (nSPS) is 16.8. The van der Waals surface area contributed by atoms with Crippen molar-refractivity contribution in [2.24, 2.45) is 11.1 Å². The van der Waals surface area contributed by atoms with Crippen molar-refractivity contribution in [3.05, 3.63) is 29.3 Å². The molecule has 2 rings (SSSR count). The van der Waals surface area contributed by atoms with Crippen LogP contribution in [0.1, 0.15) is 42.1 Å². The Labute approximate surface area is 119 Å². The first-order valence-electron chi connectivity index (χ1n) is 6.71. The monoisotopic (exact) mass is 296 g/mol.